The molecule has 17 heteroatoms. The monoisotopic (exact) mass is 747 g/mol. The Labute approximate surface area is 302 Å². The van der Waals surface area contributed by atoms with E-state index < -0.39 is 29.5 Å². The molecule has 1 saturated heterocycles. The van der Waals surface area contributed by atoms with Crippen LogP contribution in [0.4, 0.5) is 23.7 Å². The van der Waals surface area contributed by atoms with E-state index in [1.165, 1.54) is 23.2 Å². The molecule has 1 fully saturated rings. The Morgan fingerprint density at radius 2 is 1.94 bits per heavy atom. The summed E-state index contributed by atoms with van der Waals surface area (Å²) in [4.78, 5) is 45.6. The number of ether oxygens (including phenoxy) is 3. The van der Waals surface area contributed by atoms with Crippen molar-refractivity contribution in [1.82, 2.24) is 30.0 Å². The number of anilines is 1. The minimum atomic E-state index is -4.91. The number of nitrogens with one attached hydrogen (secondary N) is 3. The van der Waals surface area contributed by atoms with Crippen LogP contribution in [0.15, 0.2) is 53.6 Å². The molecular formula is C35H41ClF3N7O6. The normalized spacial score (nSPS) is 14.9. The van der Waals surface area contributed by atoms with Gasteiger partial charge in [0.15, 0.2) is 6.23 Å². The van der Waals surface area contributed by atoms with Crippen LogP contribution in [-0.4, -0.2) is 74.9 Å². The highest BCUT2D eigenvalue weighted by Crippen LogP contribution is 2.34. The highest BCUT2D eigenvalue weighted by atomic mass is 35.5. The average molecular weight is 748 g/mol. The maximum absolute atomic E-state index is 13.0. The highest BCUT2D eigenvalue weighted by molar-refractivity contribution is 6.32. The molecular weight excluding hydrogens is 707 g/mol. The predicted octanol–water partition coefficient (Wildman–Crippen LogP) is 6.78. The van der Waals surface area contributed by atoms with Crippen molar-refractivity contribution in [3.63, 3.8) is 0 Å². The summed E-state index contributed by atoms with van der Waals surface area (Å²) in [7, 11) is 0. The number of benzene rings is 2. The van der Waals surface area contributed by atoms with Gasteiger partial charge in [0.1, 0.15) is 11.4 Å². The van der Waals surface area contributed by atoms with Crippen LogP contribution in [0.1, 0.15) is 64.7 Å². The van der Waals surface area contributed by atoms with Crippen LogP contribution in [0.25, 0.3) is 22.2 Å². The molecule has 2 aromatic carbocycles. The molecule has 1 atom stereocenters. The van der Waals surface area contributed by atoms with Crippen LogP contribution in [0, 0.1) is 0 Å². The maximum atomic E-state index is 13.0. The largest absolute Gasteiger partial charge is 0.573 e. The lowest BCUT2D eigenvalue weighted by molar-refractivity contribution is -0.274. The molecule has 0 bridgehead atoms. The van der Waals surface area contributed by atoms with Crippen LogP contribution in [-0.2, 0) is 20.8 Å². The van der Waals surface area contributed by atoms with Crippen molar-refractivity contribution in [2.24, 2.45) is 0 Å². The number of carbonyl (C=O) groups is 2. The van der Waals surface area contributed by atoms with E-state index in [9.17, 15) is 27.6 Å². The average Bonchev–Trinajstić information content (AvgIpc) is 3.51. The van der Waals surface area contributed by atoms with E-state index in [1.807, 2.05) is 16.8 Å². The molecule has 0 radical (unpaired) electrons. The first-order valence-electron chi connectivity index (χ1n) is 16.9. The highest BCUT2D eigenvalue weighted by Gasteiger charge is 2.32. The topological polar surface area (TPSA) is 153 Å². The van der Waals surface area contributed by atoms with Gasteiger partial charge in [-0.25, -0.2) is 19.3 Å². The molecule has 1 aliphatic rings. The van der Waals surface area contributed by atoms with E-state index in [4.69, 9.17) is 21.1 Å². The Hall–Kier alpha value is -4.83. The zero-order chi connectivity index (χ0) is 37.5. The second-order valence-electron chi connectivity index (χ2n) is 13.3. The lowest BCUT2D eigenvalue weighted by Gasteiger charge is -2.27. The van der Waals surface area contributed by atoms with Crippen molar-refractivity contribution in [3.8, 4) is 17.0 Å². The van der Waals surface area contributed by atoms with Crippen molar-refractivity contribution >= 4 is 40.2 Å². The molecule has 4 aromatic rings. The molecule has 5 rings (SSSR count). The molecule has 52 heavy (non-hydrogen) atoms. The molecule has 2 aromatic heterocycles. The first kappa shape index (κ1) is 38.4. The first-order valence-corrected chi connectivity index (χ1v) is 17.2. The number of amides is 2. The number of hydrogen-bond acceptors (Lipinski definition) is 9. The van der Waals surface area contributed by atoms with Crippen LogP contribution in [0.3, 0.4) is 0 Å². The summed E-state index contributed by atoms with van der Waals surface area (Å²) >= 11 is 6.00. The third-order valence-corrected chi connectivity index (χ3v) is 8.27. The first-order chi connectivity index (χ1) is 24.6. The summed E-state index contributed by atoms with van der Waals surface area (Å²) in [5, 5.41) is 11.5. The van der Waals surface area contributed by atoms with Gasteiger partial charge in [-0.05, 0) is 82.3 Å². The zero-order valence-corrected chi connectivity index (χ0v) is 29.8. The van der Waals surface area contributed by atoms with Crippen LogP contribution >= 0.6 is 11.6 Å². The predicted molar refractivity (Wildman–Crippen MR) is 188 cm³/mol. The zero-order valence-electron chi connectivity index (χ0n) is 29.0. The van der Waals surface area contributed by atoms with Gasteiger partial charge in [-0.15, -0.1) is 13.2 Å². The molecule has 0 spiro atoms. The molecule has 2 amide bonds. The van der Waals surface area contributed by atoms with E-state index >= 15 is 0 Å². The van der Waals surface area contributed by atoms with Gasteiger partial charge in [0.2, 0.25) is 5.91 Å². The number of hydrogen-bond donors (Lipinski definition) is 3. The molecule has 0 saturated carbocycles. The van der Waals surface area contributed by atoms with E-state index in [2.05, 4.69) is 30.4 Å². The smallest absolute Gasteiger partial charge is 0.444 e. The summed E-state index contributed by atoms with van der Waals surface area (Å²) in [6.07, 6.45) is 0.822. The van der Waals surface area contributed by atoms with Gasteiger partial charge in [0.05, 0.1) is 22.4 Å². The molecule has 280 valence electrons. The van der Waals surface area contributed by atoms with Gasteiger partial charge in [0.25, 0.3) is 0 Å². The van der Waals surface area contributed by atoms with Gasteiger partial charge >= 0.3 is 18.1 Å². The van der Waals surface area contributed by atoms with Crippen molar-refractivity contribution in [2.75, 3.05) is 31.6 Å². The quantitative estimate of drug-likeness (QED) is 0.126. The van der Waals surface area contributed by atoms with Gasteiger partial charge in [-0.3, -0.25) is 4.79 Å². The van der Waals surface area contributed by atoms with Crippen LogP contribution < -0.4 is 21.1 Å². The number of aromatic amines is 1. The van der Waals surface area contributed by atoms with E-state index in [1.54, 1.807) is 33.0 Å². The SMILES string of the molecule is CC(C)(C)OC(=O)N(CCC(=O)NCCCNc1cc(-c2ccnc(=O)[nH]2)cc2c1cnn2C1CCCCO1)Cc1ccc(OC(F)(F)F)c(Cl)c1. The molecule has 3 N–H and O–H groups in total. The molecule has 3 heterocycles. The molecule has 13 nitrogen and oxygen atoms in total. The molecule has 0 aliphatic carbocycles. The summed E-state index contributed by atoms with van der Waals surface area (Å²) in [6, 6.07) is 9.30. The Balaban J connectivity index is 1.18. The van der Waals surface area contributed by atoms with Gasteiger partial charge in [0, 0.05) is 62.0 Å². The van der Waals surface area contributed by atoms with Gasteiger partial charge < -0.3 is 34.7 Å². The summed E-state index contributed by atoms with van der Waals surface area (Å²) in [5.41, 5.74) is 2.15. The number of halogens is 4. The standard InChI is InChI=1S/C35H41ClF3N7O6/c1-34(2,3)52-33(49)45(21-22-8-9-29(25(36)17-22)51-35(37,38)39)15-11-30(47)41-13-6-12-40-27-18-23(26-10-14-42-32(48)44-26)19-28-24(27)20-43-46(28)31-7-4-5-16-50-31/h8-10,14,17-20,31,40H,4-7,11-13,15-16,21H2,1-3H3,(H,41,47)(H,42,44,48). The van der Waals surface area contributed by atoms with Crippen LogP contribution in [0.5, 0.6) is 5.75 Å². The van der Waals surface area contributed by atoms with E-state index in [0.29, 0.717) is 37.4 Å². The minimum absolute atomic E-state index is 0.0199. The Kier molecular flexibility index (Phi) is 12.3. The number of alkyl halides is 3. The van der Waals surface area contributed by atoms with Crippen molar-refractivity contribution in [2.45, 2.75) is 77.6 Å². The summed E-state index contributed by atoms with van der Waals surface area (Å²) in [6.45, 7) is 6.50. The Bertz CT molecular complexity index is 1920. The van der Waals surface area contributed by atoms with Crippen molar-refractivity contribution in [1.29, 1.82) is 0 Å². The van der Waals surface area contributed by atoms with Gasteiger partial charge in [-0.1, -0.05) is 17.7 Å². The molecule has 1 unspecified atom stereocenters. The molecule has 1 aliphatic heterocycles. The van der Waals surface area contributed by atoms with E-state index in [0.717, 1.165) is 47.5 Å². The fraction of sp³-hybridized carbons (Fsp3) is 0.457. The Morgan fingerprint density at radius 1 is 1.13 bits per heavy atom. The second-order valence-corrected chi connectivity index (χ2v) is 13.7. The number of H-pyrrole nitrogens is 1. The Morgan fingerprint density at radius 3 is 2.63 bits per heavy atom. The van der Waals surface area contributed by atoms with Gasteiger partial charge in [-0.2, -0.15) is 5.10 Å². The number of aromatic nitrogens is 4. The lowest BCUT2D eigenvalue weighted by atomic mass is 10.1. The fourth-order valence-corrected chi connectivity index (χ4v) is 5.87. The number of rotatable bonds is 13. The van der Waals surface area contributed by atoms with Crippen molar-refractivity contribution < 1.29 is 37.0 Å². The third-order valence-electron chi connectivity index (χ3n) is 7.98. The number of nitrogens with zero attached hydrogens (tertiary/aromatic N) is 4. The number of fused-ring (bicyclic) bond motifs is 1. The third kappa shape index (κ3) is 10.8. The second kappa shape index (κ2) is 16.7. The fourth-order valence-electron chi connectivity index (χ4n) is 5.63. The maximum Gasteiger partial charge on any atom is 0.573 e. The summed E-state index contributed by atoms with van der Waals surface area (Å²) in [5.74, 6) is -0.873. The number of carbonyl (C=O) groups excluding carboxylic acids is 2. The van der Waals surface area contributed by atoms with Crippen LogP contribution in [0.2, 0.25) is 5.02 Å². The minimum Gasteiger partial charge on any atom is -0.444 e. The van der Waals surface area contributed by atoms with E-state index in [-0.39, 0.29) is 36.7 Å². The van der Waals surface area contributed by atoms with Crippen molar-refractivity contribution in [3.05, 3.63) is 69.9 Å². The summed E-state index contributed by atoms with van der Waals surface area (Å²) < 4.78 is 55.3. The lowest BCUT2D eigenvalue weighted by Crippen LogP contribution is -2.39.